The Morgan fingerprint density at radius 3 is 2.07 bits per heavy atom. The normalized spacial score (nSPS) is 13.0. The van der Waals surface area contributed by atoms with Crippen LogP contribution in [-0.2, 0) is 13.1 Å². The lowest BCUT2D eigenvalue weighted by Crippen LogP contribution is -2.22. The third-order valence-electron chi connectivity index (χ3n) is 5.42. The molecule has 0 radical (unpaired) electrons. The smallest absolute Gasteiger partial charge is 0.106 e. The lowest BCUT2D eigenvalue weighted by Gasteiger charge is -2.16. The first-order chi connectivity index (χ1) is 14.0. The molecule has 1 N–H and O–H groups in total. The van der Waals surface area contributed by atoms with Crippen LogP contribution in [0, 0.1) is 6.92 Å². The van der Waals surface area contributed by atoms with E-state index in [0.29, 0.717) is 13.1 Å². The van der Waals surface area contributed by atoms with Gasteiger partial charge >= 0.3 is 0 Å². The van der Waals surface area contributed by atoms with Gasteiger partial charge in [-0.3, -0.25) is 0 Å². The van der Waals surface area contributed by atoms with Crippen LogP contribution in [0.5, 0.6) is 0 Å². The Balaban J connectivity index is 1.56. The van der Waals surface area contributed by atoms with Crippen LogP contribution in [0.1, 0.15) is 5.82 Å². The van der Waals surface area contributed by atoms with Gasteiger partial charge < -0.3 is 14.2 Å². The van der Waals surface area contributed by atoms with E-state index in [9.17, 15) is 5.11 Å². The highest BCUT2D eigenvalue weighted by atomic mass is 79.9. The molecular weight excluding hydrogens is 494 g/mol. The van der Waals surface area contributed by atoms with E-state index in [1.807, 2.05) is 37.3 Å². The lowest BCUT2D eigenvalue weighted by molar-refractivity contribution is 0.137. The summed E-state index contributed by atoms with van der Waals surface area (Å²) in [7, 11) is 0. The van der Waals surface area contributed by atoms with E-state index in [1.54, 1.807) is 0 Å². The van der Waals surface area contributed by atoms with Crippen molar-refractivity contribution >= 4 is 64.7 Å². The number of para-hydroxylation sites is 2. The molecule has 0 fully saturated rings. The van der Waals surface area contributed by atoms with Gasteiger partial charge in [-0.05, 0) is 55.5 Å². The number of aliphatic hydroxyl groups excluding tert-OH is 1. The predicted octanol–water partition coefficient (Wildman–Crippen LogP) is 6.04. The van der Waals surface area contributed by atoms with E-state index in [0.717, 1.165) is 36.8 Å². The molecule has 2 aromatic heterocycles. The molecule has 0 aliphatic heterocycles. The van der Waals surface area contributed by atoms with Crippen molar-refractivity contribution in [1.29, 1.82) is 0 Å². The Hall–Kier alpha value is -2.15. The fraction of sp³-hybridized carbons (Fsp3) is 0.174. The van der Waals surface area contributed by atoms with Gasteiger partial charge in [0.15, 0.2) is 0 Å². The molecule has 0 aliphatic carbocycles. The van der Waals surface area contributed by atoms with Crippen LogP contribution in [0.2, 0.25) is 0 Å². The van der Waals surface area contributed by atoms with Crippen molar-refractivity contribution in [2.75, 3.05) is 0 Å². The van der Waals surface area contributed by atoms with Crippen LogP contribution in [-0.4, -0.2) is 25.3 Å². The largest absolute Gasteiger partial charge is 0.389 e. The average Bonchev–Trinajstić information content (AvgIpc) is 3.16. The fourth-order valence-electron chi connectivity index (χ4n) is 4.15. The number of halogens is 2. The maximum Gasteiger partial charge on any atom is 0.106 e. The van der Waals surface area contributed by atoms with Gasteiger partial charge in [0.1, 0.15) is 5.82 Å². The molecule has 6 heteroatoms. The van der Waals surface area contributed by atoms with Gasteiger partial charge in [-0.15, -0.1) is 0 Å². The zero-order valence-electron chi connectivity index (χ0n) is 15.8. The molecule has 0 spiro atoms. The zero-order chi connectivity index (χ0) is 20.1. The van der Waals surface area contributed by atoms with Gasteiger partial charge in [-0.2, -0.15) is 0 Å². The number of aromatic nitrogens is 3. The first kappa shape index (κ1) is 18.9. The van der Waals surface area contributed by atoms with Crippen LogP contribution in [0.3, 0.4) is 0 Å². The van der Waals surface area contributed by atoms with Gasteiger partial charge in [0.25, 0.3) is 0 Å². The van der Waals surface area contributed by atoms with Crippen molar-refractivity contribution < 1.29 is 5.11 Å². The van der Waals surface area contributed by atoms with Gasteiger partial charge in [-0.1, -0.05) is 44.0 Å². The summed E-state index contributed by atoms with van der Waals surface area (Å²) in [6.45, 7) is 3.00. The van der Waals surface area contributed by atoms with Crippen molar-refractivity contribution in [3.05, 3.63) is 75.4 Å². The van der Waals surface area contributed by atoms with E-state index >= 15 is 0 Å². The second-order valence-electron chi connectivity index (χ2n) is 7.35. The first-order valence-electron chi connectivity index (χ1n) is 9.48. The minimum Gasteiger partial charge on any atom is -0.389 e. The third kappa shape index (κ3) is 3.29. The van der Waals surface area contributed by atoms with Gasteiger partial charge in [0.2, 0.25) is 0 Å². The summed E-state index contributed by atoms with van der Waals surface area (Å²) >= 11 is 7.17. The Morgan fingerprint density at radius 2 is 1.41 bits per heavy atom. The maximum absolute atomic E-state index is 11.0. The van der Waals surface area contributed by atoms with Gasteiger partial charge in [-0.25, -0.2) is 4.98 Å². The summed E-state index contributed by atoms with van der Waals surface area (Å²) in [4.78, 5) is 4.62. The molecule has 0 unspecified atom stereocenters. The number of aryl methyl sites for hydroxylation is 1. The minimum atomic E-state index is -0.544. The minimum absolute atomic E-state index is 0.501. The number of aliphatic hydroxyl groups is 1. The third-order valence-corrected chi connectivity index (χ3v) is 6.41. The summed E-state index contributed by atoms with van der Waals surface area (Å²) in [6, 6.07) is 20.7. The number of benzene rings is 3. The van der Waals surface area contributed by atoms with E-state index < -0.39 is 6.10 Å². The van der Waals surface area contributed by atoms with Crippen molar-refractivity contribution in [3.63, 3.8) is 0 Å². The molecule has 0 aliphatic rings. The molecule has 5 aromatic rings. The summed E-state index contributed by atoms with van der Waals surface area (Å²) in [6.07, 6.45) is -0.544. The second kappa shape index (κ2) is 7.27. The first-order valence-corrected chi connectivity index (χ1v) is 11.1. The highest BCUT2D eigenvalue weighted by Crippen LogP contribution is 2.33. The highest BCUT2D eigenvalue weighted by molar-refractivity contribution is 9.10. The van der Waals surface area contributed by atoms with E-state index in [4.69, 9.17) is 0 Å². The molecule has 3 aromatic carbocycles. The number of fused-ring (bicyclic) bond motifs is 4. The molecule has 0 amide bonds. The Morgan fingerprint density at radius 1 is 0.828 bits per heavy atom. The summed E-state index contributed by atoms with van der Waals surface area (Å²) in [5.74, 6) is 0.917. The van der Waals surface area contributed by atoms with Crippen LogP contribution < -0.4 is 0 Å². The lowest BCUT2D eigenvalue weighted by atomic mass is 10.2. The molecule has 5 rings (SSSR count). The molecule has 0 bridgehead atoms. The molecule has 0 saturated carbocycles. The number of nitrogens with zero attached hydrogens (tertiary/aromatic N) is 3. The Kier molecular flexibility index (Phi) is 4.73. The highest BCUT2D eigenvalue weighted by Gasteiger charge is 2.17. The maximum atomic E-state index is 11.0. The fourth-order valence-corrected chi connectivity index (χ4v) is 4.87. The summed E-state index contributed by atoms with van der Waals surface area (Å²) in [5, 5.41) is 13.4. The van der Waals surface area contributed by atoms with Crippen LogP contribution in [0.15, 0.2) is 69.6 Å². The SMILES string of the molecule is Cc1nc2ccccc2n1C[C@@H](O)Cn1c2ccc(Br)cc2c2cc(Br)ccc21. The molecule has 4 nitrogen and oxygen atoms in total. The Labute approximate surface area is 185 Å². The van der Waals surface area contributed by atoms with Crippen LogP contribution in [0.25, 0.3) is 32.8 Å². The standard InChI is InChI=1S/C23H19Br2N3O/c1-14-26-20-4-2-3-5-23(20)27(14)12-17(29)13-28-21-8-6-15(24)10-18(21)19-11-16(25)7-9-22(19)28/h2-11,17,29H,12-13H2,1H3/t17-/m1/s1. The van der Waals surface area contributed by atoms with E-state index in [2.05, 4.69) is 76.3 Å². The molecule has 146 valence electrons. The zero-order valence-corrected chi connectivity index (χ0v) is 19.0. The molecule has 2 heterocycles. The van der Waals surface area contributed by atoms with Crippen molar-refractivity contribution in [2.24, 2.45) is 0 Å². The quantitative estimate of drug-likeness (QED) is 0.319. The van der Waals surface area contributed by atoms with Crippen molar-refractivity contribution in [2.45, 2.75) is 26.1 Å². The van der Waals surface area contributed by atoms with E-state index in [1.165, 1.54) is 10.8 Å². The van der Waals surface area contributed by atoms with Gasteiger partial charge in [0.05, 0.1) is 30.2 Å². The average molecular weight is 513 g/mol. The number of hydrogen-bond donors (Lipinski definition) is 1. The summed E-state index contributed by atoms with van der Waals surface area (Å²) in [5.41, 5.74) is 4.25. The predicted molar refractivity (Wildman–Crippen MR) is 125 cm³/mol. The Bertz CT molecular complexity index is 1310. The number of rotatable bonds is 4. The van der Waals surface area contributed by atoms with Crippen LogP contribution in [0.4, 0.5) is 0 Å². The van der Waals surface area contributed by atoms with Crippen LogP contribution >= 0.6 is 31.9 Å². The number of imidazole rings is 1. The van der Waals surface area contributed by atoms with Gasteiger partial charge in [0, 0.05) is 30.8 Å². The van der Waals surface area contributed by atoms with E-state index in [-0.39, 0.29) is 0 Å². The molecule has 1 atom stereocenters. The number of hydrogen-bond acceptors (Lipinski definition) is 2. The van der Waals surface area contributed by atoms with Crippen molar-refractivity contribution in [1.82, 2.24) is 14.1 Å². The topological polar surface area (TPSA) is 43.0 Å². The molecular formula is C23H19Br2N3O. The monoisotopic (exact) mass is 511 g/mol. The summed E-state index contributed by atoms with van der Waals surface area (Å²) < 4.78 is 6.40. The molecule has 0 saturated heterocycles. The molecule has 29 heavy (non-hydrogen) atoms. The second-order valence-corrected chi connectivity index (χ2v) is 9.18. The van der Waals surface area contributed by atoms with Crippen molar-refractivity contribution in [3.8, 4) is 0 Å².